The highest BCUT2D eigenvalue weighted by molar-refractivity contribution is 9.10. The van der Waals surface area contributed by atoms with E-state index in [-0.39, 0.29) is 24.3 Å². The van der Waals surface area contributed by atoms with E-state index in [4.69, 9.17) is 0 Å². The van der Waals surface area contributed by atoms with Gasteiger partial charge >= 0.3 is 5.97 Å². The van der Waals surface area contributed by atoms with E-state index >= 15 is 0 Å². The lowest BCUT2D eigenvalue weighted by Gasteiger charge is -2.18. The monoisotopic (exact) mass is 486 g/mol. The van der Waals surface area contributed by atoms with Crippen LogP contribution in [0.1, 0.15) is 24.4 Å². The molecule has 0 aliphatic carbocycles. The van der Waals surface area contributed by atoms with Crippen molar-refractivity contribution in [3.8, 4) is 0 Å². The van der Waals surface area contributed by atoms with Crippen molar-refractivity contribution in [1.82, 2.24) is 10.0 Å². The molecule has 0 saturated heterocycles. The quantitative estimate of drug-likeness (QED) is 0.530. The molecule has 0 saturated carbocycles. The molecule has 0 aliphatic rings. The van der Waals surface area contributed by atoms with Crippen molar-refractivity contribution < 1.29 is 27.1 Å². The summed E-state index contributed by atoms with van der Waals surface area (Å²) in [5, 5.41) is 2.71. The predicted octanol–water partition coefficient (Wildman–Crippen LogP) is 2.68. The molecule has 0 fully saturated rings. The van der Waals surface area contributed by atoms with Crippen molar-refractivity contribution in [2.24, 2.45) is 0 Å². The first-order valence-corrected chi connectivity index (χ1v) is 10.9. The molecule has 0 aliphatic heterocycles. The fraction of sp³-hybridized carbons (Fsp3) is 0.263. The maximum atomic E-state index is 12.9. The molecule has 0 radical (unpaired) electrons. The Balaban J connectivity index is 1.97. The summed E-state index contributed by atoms with van der Waals surface area (Å²) in [5.41, 5.74) is 0.699. The van der Waals surface area contributed by atoms with Crippen LogP contribution in [0.25, 0.3) is 0 Å². The van der Waals surface area contributed by atoms with Gasteiger partial charge in [-0.05, 0) is 42.0 Å². The van der Waals surface area contributed by atoms with E-state index in [9.17, 15) is 22.4 Å². The standard InChI is InChI=1S/C19H20BrFN2O5S/c1-28-19(25)12-17(13-3-2-4-14(20)11-13)23-18(24)9-10-22-29(26,27)16-7-5-15(21)6-8-16/h2-8,11,17,22H,9-10,12H2,1H3,(H,23,24). The van der Waals surface area contributed by atoms with Crippen LogP contribution < -0.4 is 10.0 Å². The molecule has 2 rings (SSSR count). The molecule has 0 bridgehead atoms. The number of sulfonamides is 1. The second-order valence-electron chi connectivity index (χ2n) is 6.06. The van der Waals surface area contributed by atoms with Crippen molar-refractivity contribution in [3.63, 3.8) is 0 Å². The number of halogens is 2. The van der Waals surface area contributed by atoms with E-state index in [1.165, 1.54) is 7.11 Å². The highest BCUT2D eigenvalue weighted by Crippen LogP contribution is 2.21. The third-order valence-corrected chi connectivity index (χ3v) is 5.92. The molecule has 1 atom stereocenters. The van der Waals surface area contributed by atoms with Gasteiger partial charge in [0, 0.05) is 17.4 Å². The molecular formula is C19H20BrFN2O5S. The number of nitrogens with one attached hydrogen (secondary N) is 2. The summed E-state index contributed by atoms with van der Waals surface area (Å²) in [6.45, 7) is -0.158. The zero-order valence-electron chi connectivity index (χ0n) is 15.5. The van der Waals surface area contributed by atoms with Crippen LogP contribution in [0.15, 0.2) is 57.9 Å². The summed E-state index contributed by atoms with van der Waals surface area (Å²) < 4.78 is 45.0. The van der Waals surface area contributed by atoms with Gasteiger partial charge in [-0.1, -0.05) is 28.1 Å². The van der Waals surface area contributed by atoms with Gasteiger partial charge in [0.15, 0.2) is 0 Å². The maximum Gasteiger partial charge on any atom is 0.307 e. The molecule has 2 aromatic carbocycles. The summed E-state index contributed by atoms with van der Waals surface area (Å²) in [4.78, 5) is 23.9. The van der Waals surface area contributed by atoms with E-state index in [1.807, 2.05) is 6.07 Å². The summed E-state index contributed by atoms with van der Waals surface area (Å²) in [7, 11) is -2.60. The Kier molecular flexibility index (Phi) is 8.30. The van der Waals surface area contributed by atoms with Gasteiger partial charge in [-0.25, -0.2) is 17.5 Å². The second kappa shape index (κ2) is 10.5. The van der Waals surface area contributed by atoms with E-state index < -0.39 is 33.8 Å². The van der Waals surface area contributed by atoms with Crippen LogP contribution >= 0.6 is 15.9 Å². The lowest BCUT2D eigenvalue weighted by atomic mass is 10.0. The van der Waals surface area contributed by atoms with Gasteiger partial charge < -0.3 is 10.1 Å². The van der Waals surface area contributed by atoms with E-state index in [2.05, 4.69) is 30.7 Å². The Morgan fingerprint density at radius 3 is 2.48 bits per heavy atom. The minimum Gasteiger partial charge on any atom is -0.469 e. The van der Waals surface area contributed by atoms with Gasteiger partial charge in [0.05, 0.1) is 24.5 Å². The predicted molar refractivity (Wildman–Crippen MR) is 108 cm³/mol. The smallest absolute Gasteiger partial charge is 0.307 e. The molecule has 0 spiro atoms. The van der Waals surface area contributed by atoms with Crippen LogP contribution in [0.5, 0.6) is 0 Å². The largest absolute Gasteiger partial charge is 0.469 e. The lowest BCUT2D eigenvalue weighted by molar-refractivity contribution is -0.141. The number of esters is 1. The molecule has 29 heavy (non-hydrogen) atoms. The van der Waals surface area contributed by atoms with E-state index in [0.29, 0.717) is 5.56 Å². The molecule has 10 heteroatoms. The van der Waals surface area contributed by atoms with Crippen LogP contribution in [0.2, 0.25) is 0 Å². The Hall–Kier alpha value is -2.30. The second-order valence-corrected chi connectivity index (χ2v) is 8.74. The fourth-order valence-corrected chi connectivity index (χ4v) is 3.94. The van der Waals surface area contributed by atoms with Gasteiger partial charge in [-0.3, -0.25) is 9.59 Å². The number of rotatable bonds is 9. The first-order chi connectivity index (χ1) is 13.7. The van der Waals surface area contributed by atoms with Crippen LogP contribution in [0, 0.1) is 5.82 Å². The van der Waals surface area contributed by atoms with Crippen molar-refractivity contribution in [2.75, 3.05) is 13.7 Å². The van der Waals surface area contributed by atoms with Gasteiger partial charge in [0.1, 0.15) is 5.82 Å². The normalized spacial score (nSPS) is 12.2. The van der Waals surface area contributed by atoms with Gasteiger partial charge in [0.25, 0.3) is 0 Å². The first-order valence-electron chi connectivity index (χ1n) is 8.58. The average molecular weight is 487 g/mol. The molecule has 2 N–H and O–H groups in total. The summed E-state index contributed by atoms with van der Waals surface area (Å²) in [6.07, 6.45) is -0.216. The third-order valence-electron chi connectivity index (χ3n) is 3.95. The maximum absolute atomic E-state index is 12.9. The molecule has 2 aromatic rings. The number of hydrogen-bond acceptors (Lipinski definition) is 5. The number of benzene rings is 2. The molecule has 7 nitrogen and oxygen atoms in total. The minimum absolute atomic E-state index is 0.0694. The zero-order chi connectivity index (χ0) is 21.4. The first kappa shape index (κ1) is 23.0. The van der Waals surface area contributed by atoms with E-state index in [0.717, 1.165) is 28.7 Å². The lowest BCUT2D eigenvalue weighted by Crippen LogP contribution is -2.34. The molecular weight excluding hydrogens is 467 g/mol. The molecule has 1 amide bonds. The molecule has 0 aromatic heterocycles. The minimum atomic E-state index is -3.86. The zero-order valence-corrected chi connectivity index (χ0v) is 17.9. The number of carbonyl (C=O) groups is 2. The molecule has 1 unspecified atom stereocenters. The highest BCUT2D eigenvalue weighted by atomic mass is 79.9. The number of carbonyl (C=O) groups excluding carboxylic acids is 2. The Morgan fingerprint density at radius 2 is 1.86 bits per heavy atom. The highest BCUT2D eigenvalue weighted by Gasteiger charge is 2.20. The van der Waals surface area contributed by atoms with Crippen LogP contribution in [-0.4, -0.2) is 33.9 Å². The van der Waals surface area contributed by atoms with Crippen LogP contribution in [0.3, 0.4) is 0 Å². The average Bonchev–Trinajstić information content (AvgIpc) is 2.67. The van der Waals surface area contributed by atoms with Gasteiger partial charge in [-0.15, -0.1) is 0 Å². The van der Waals surface area contributed by atoms with Crippen molar-refractivity contribution in [2.45, 2.75) is 23.8 Å². The number of ether oxygens (including phenoxy) is 1. The molecule has 0 heterocycles. The van der Waals surface area contributed by atoms with Crippen LogP contribution in [0.4, 0.5) is 4.39 Å². The van der Waals surface area contributed by atoms with E-state index in [1.54, 1.807) is 18.2 Å². The van der Waals surface area contributed by atoms with Crippen molar-refractivity contribution >= 4 is 37.8 Å². The van der Waals surface area contributed by atoms with Gasteiger partial charge in [0.2, 0.25) is 15.9 Å². The summed E-state index contributed by atoms with van der Waals surface area (Å²) in [6, 6.07) is 10.8. The summed E-state index contributed by atoms with van der Waals surface area (Å²) >= 11 is 3.34. The Morgan fingerprint density at radius 1 is 1.17 bits per heavy atom. The topological polar surface area (TPSA) is 102 Å². The van der Waals surface area contributed by atoms with Crippen molar-refractivity contribution in [1.29, 1.82) is 0 Å². The van der Waals surface area contributed by atoms with Crippen LogP contribution in [-0.2, 0) is 24.3 Å². The molecule has 156 valence electrons. The Bertz CT molecular complexity index is 967. The number of amides is 1. The van der Waals surface area contributed by atoms with Crippen molar-refractivity contribution in [3.05, 3.63) is 64.4 Å². The number of methoxy groups -OCH3 is 1. The third kappa shape index (κ3) is 7.22. The number of hydrogen-bond donors (Lipinski definition) is 2. The Labute approximate surface area is 176 Å². The van der Waals surface area contributed by atoms with Gasteiger partial charge in [-0.2, -0.15) is 0 Å². The SMILES string of the molecule is COC(=O)CC(NC(=O)CCNS(=O)(=O)c1ccc(F)cc1)c1cccc(Br)c1. The fourth-order valence-electron chi connectivity index (χ4n) is 2.49. The summed E-state index contributed by atoms with van der Waals surface area (Å²) in [5.74, 6) is -1.49.